The number of hydrogen-bond donors (Lipinski definition) is 1. The van der Waals surface area contributed by atoms with Crippen molar-refractivity contribution in [2.45, 2.75) is 0 Å². The molecular formula is C22H16Br2N2O. The first-order valence-corrected chi connectivity index (χ1v) is 9.99. The predicted molar refractivity (Wildman–Crippen MR) is 117 cm³/mol. The van der Waals surface area contributed by atoms with Crippen LogP contribution in [0.3, 0.4) is 0 Å². The standard InChI is InChI=1S/C22H16Br2N2O/c1-27-17-12-8-15(9-13-17)22-25-20(14-6-10-16(23)11-7-14)21(26-22)18-4-2-3-5-19(18)24/h2-13H,1H3,(H,25,26). The van der Waals surface area contributed by atoms with Crippen molar-refractivity contribution in [1.82, 2.24) is 9.97 Å². The Labute approximate surface area is 174 Å². The van der Waals surface area contributed by atoms with Crippen LogP contribution < -0.4 is 4.74 Å². The molecule has 4 rings (SSSR count). The minimum atomic E-state index is 0.821. The Bertz CT molecular complexity index is 1070. The molecule has 3 nitrogen and oxygen atoms in total. The summed E-state index contributed by atoms with van der Waals surface area (Å²) < 4.78 is 7.32. The fourth-order valence-corrected chi connectivity index (χ4v) is 3.68. The number of rotatable bonds is 4. The van der Waals surface area contributed by atoms with Crippen molar-refractivity contribution in [1.29, 1.82) is 0 Å². The molecule has 0 amide bonds. The van der Waals surface area contributed by atoms with E-state index in [0.717, 1.165) is 48.6 Å². The van der Waals surface area contributed by atoms with E-state index in [0.29, 0.717) is 0 Å². The Kier molecular flexibility index (Phi) is 5.14. The fraction of sp³-hybridized carbons (Fsp3) is 0.0455. The lowest BCUT2D eigenvalue weighted by molar-refractivity contribution is 0.415. The first-order chi connectivity index (χ1) is 13.2. The van der Waals surface area contributed by atoms with Crippen LogP contribution in [0.25, 0.3) is 33.9 Å². The number of aromatic amines is 1. The average molecular weight is 484 g/mol. The van der Waals surface area contributed by atoms with Crippen LogP contribution in [0.2, 0.25) is 0 Å². The topological polar surface area (TPSA) is 37.9 Å². The Morgan fingerprint density at radius 1 is 0.815 bits per heavy atom. The first kappa shape index (κ1) is 18.0. The van der Waals surface area contributed by atoms with E-state index in [1.54, 1.807) is 7.11 Å². The molecule has 3 aromatic carbocycles. The summed E-state index contributed by atoms with van der Waals surface area (Å²) in [7, 11) is 1.67. The molecule has 0 unspecified atom stereocenters. The van der Waals surface area contributed by atoms with Crippen molar-refractivity contribution in [2.24, 2.45) is 0 Å². The number of aromatic nitrogens is 2. The molecule has 1 heterocycles. The summed E-state index contributed by atoms with van der Waals surface area (Å²) in [5, 5.41) is 0. The molecule has 0 aliphatic rings. The summed E-state index contributed by atoms with van der Waals surface area (Å²) in [4.78, 5) is 8.43. The number of H-pyrrole nitrogens is 1. The zero-order valence-electron chi connectivity index (χ0n) is 14.5. The van der Waals surface area contributed by atoms with Gasteiger partial charge in [-0.15, -0.1) is 0 Å². The summed E-state index contributed by atoms with van der Waals surface area (Å²) in [6.07, 6.45) is 0. The number of nitrogens with zero attached hydrogens (tertiary/aromatic N) is 1. The van der Waals surface area contributed by atoms with Crippen LogP contribution in [0.4, 0.5) is 0 Å². The van der Waals surface area contributed by atoms with Gasteiger partial charge in [-0.1, -0.05) is 62.2 Å². The van der Waals surface area contributed by atoms with Crippen molar-refractivity contribution in [3.63, 3.8) is 0 Å². The second-order valence-corrected chi connectivity index (χ2v) is 7.79. The lowest BCUT2D eigenvalue weighted by atomic mass is 10.1. The summed E-state index contributed by atoms with van der Waals surface area (Å²) >= 11 is 7.16. The van der Waals surface area contributed by atoms with E-state index in [1.807, 2.05) is 54.6 Å². The van der Waals surface area contributed by atoms with Gasteiger partial charge in [0.2, 0.25) is 0 Å². The van der Waals surface area contributed by atoms with Gasteiger partial charge in [-0.2, -0.15) is 0 Å². The molecule has 1 aromatic heterocycles. The maximum Gasteiger partial charge on any atom is 0.138 e. The molecule has 0 bridgehead atoms. The summed E-state index contributed by atoms with van der Waals surface area (Å²) in [5.74, 6) is 1.64. The number of hydrogen-bond acceptors (Lipinski definition) is 2. The molecule has 0 saturated carbocycles. The van der Waals surface area contributed by atoms with Crippen molar-refractivity contribution in [3.8, 4) is 39.7 Å². The third-order valence-corrected chi connectivity index (χ3v) is 5.55. The van der Waals surface area contributed by atoms with Gasteiger partial charge in [0.25, 0.3) is 0 Å². The quantitative estimate of drug-likeness (QED) is 0.341. The Balaban J connectivity index is 1.88. The number of methoxy groups -OCH3 is 1. The lowest BCUT2D eigenvalue weighted by Gasteiger charge is -2.05. The van der Waals surface area contributed by atoms with Crippen LogP contribution in [-0.4, -0.2) is 17.1 Å². The van der Waals surface area contributed by atoms with Gasteiger partial charge >= 0.3 is 0 Å². The summed E-state index contributed by atoms with van der Waals surface area (Å²) in [6.45, 7) is 0. The molecule has 134 valence electrons. The molecule has 0 radical (unpaired) electrons. The number of benzene rings is 3. The van der Waals surface area contributed by atoms with Crippen LogP contribution in [-0.2, 0) is 0 Å². The minimum absolute atomic E-state index is 0.821. The Morgan fingerprint density at radius 3 is 2.15 bits per heavy atom. The zero-order valence-corrected chi connectivity index (χ0v) is 17.7. The van der Waals surface area contributed by atoms with Crippen molar-refractivity contribution < 1.29 is 4.74 Å². The van der Waals surface area contributed by atoms with Crippen molar-refractivity contribution in [2.75, 3.05) is 7.11 Å². The smallest absolute Gasteiger partial charge is 0.138 e. The minimum Gasteiger partial charge on any atom is -0.497 e. The van der Waals surface area contributed by atoms with E-state index in [4.69, 9.17) is 9.72 Å². The van der Waals surface area contributed by atoms with Gasteiger partial charge in [0.05, 0.1) is 18.5 Å². The van der Waals surface area contributed by atoms with Gasteiger partial charge in [0, 0.05) is 25.6 Å². The normalized spacial score (nSPS) is 10.8. The lowest BCUT2D eigenvalue weighted by Crippen LogP contribution is -1.85. The molecule has 0 aliphatic carbocycles. The number of imidazole rings is 1. The highest BCUT2D eigenvalue weighted by atomic mass is 79.9. The second kappa shape index (κ2) is 7.71. The van der Waals surface area contributed by atoms with Crippen molar-refractivity contribution in [3.05, 3.63) is 81.7 Å². The Morgan fingerprint density at radius 2 is 1.48 bits per heavy atom. The second-order valence-electron chi connectivity index (χ2n) is 6.02. The first-order valence-electron chi connectivity index (χ1n) is 8.41. The van der Waals surface area contributed by atoms with Gasteiger partial charge in [-0.25, -0.2) is 4.98 Å². The molecule has 0 atom stereocenters. The van der Waals surface area contributed by atoms with E-state index in [9.17, 15) is 0 Å². The van der Waals surface area contributed by atoms with Crippen LogP contribution in [0.5, 0.6) is 5.75 Å². The van der Waals surface area contributed by atoms with E-state index in [-0.39, 0.29) is 0 Å². The van der Waals surface area contributed by atoms with Crippen molar-refractivity contribution >= 4 is 31.9 Å². The third-order valence-electron chi connectivity index (χ3n) is 4.33. The maximum absolute atomic E-state index is 5.26. The number of nitrogens with one attached hydrogen (secondary N) is 1. The molecule has 0 aliphatic heterocycles. The van der Waals surface area contributed by atoms with Crippen LogP contribution in [0.1, 0.15) is 0 Å². The molecule has 1 N–H and O–H groups in total. The van der Waals surface area contributed by atoms with E-state index in [2.05, 4.69) is 55.0 Å². The molecule has 27 heavy (non-hydrogen) atoms. The SMILES string of the molecule is COc1ccc(-c2nc(-c3ccc(Br)cc3)c(-c3ccccc3Br)[nH]2)cc1. The average Bonchev–Trinajstić information content (AvgIpc) is 3.14. The predicted octanol–water partition coefficient (Wildman–Crippen LogP) is 6.94. The highest BCUT2D eigenvalue weighted by Crippen LogP contribution is 2.37. The molecular weight excluding hydrogens is 468 g/mol. The molecule has 0 saturated heterocycles. The molecule has 0 fully saturated rings. The van der Waals surface area contributed by atoms with E-state index in [1.165, 1.54) is 0 Å². The van der Waals surface area contributed by atoms with Gasteiger partial charge in [0.1, 0.15) is 11.6 Å². The monoisotopic (exact) mass is 482 g/mol. The summed E-state index contributed by atoms with van der Waals surface area (Å²) in [5.41, 5.74) is 5.03. The highest BCUT2D eigenvalue weighted by molar-refractivity contribution is 9.10. The zero-order chi connectivity index (χ0) is 18.8. The Hall–Kier alpha value is -2.37. The molecule has 0 spiro atoms. The van der Waals surface area contributed by atoms with Crippen LogP contribution in [0, 0.1) is 0 Å². The van der Waals surface area contributed by atoms with Gasteiger partial charge in [0.15, 0.2) is 0 Å². The number of ether oxygens (including phenoxy) is 1. The van der Waals surface area contributed by atoms with E-state index >= 15 is 0 Å². The largest absolute Gasteiger partial charge is 0.497 e. The van der Waals surface area contributed by atoms with E-state index < -0.39 is 0 Å². The molecule has 4 aromatic rings. The van der Waals surface area contributed by atoms with Gasteiger partial charge < -0.3 is 9.72 Å². The van der Waals surface area contributed by atoms with Gasteiger partial charge in [-0.3, -0.25) is 0 Å². The fourth-order valence-electron chi connectivity index (χ4n) is 2.93. The number of halogens is 2. The van der Waals surface area contributed by atoms with Crippen LogP contribution in [0.15, 0.2) is 81.7 Å². The van der Waals surface area contributed by atoms with Gasteiger partial charge in [-0.05, 0) is 42.5 Å². The highest BCUT2D eigenvalue weighted by Gasteiger charge is 2.17. The van der Waals surface area contributed by atoms with Crippen LogP contribution >= 0.6 is 31.9 Å². The maximum atomic E-state index is 5.26. The third kappa shape index (κ3) is 3.70. The molecule has 5 heteroatoms. The summed E-state index contributed by atoms with van der Waals surface area (Å²) in [6, 6.07) is 24.2.